The number of amides is 1. The smallest absolute Gasteiger partial charge is 0.320 e. The quantitative estimate of drug-likeness (QED) is 0.693. The highest BCUT2D eigenvalue weighted by molar-refractivity contribution is 6.31. The highest BCUT2D eigenvalue weighted by atomic mass is 35.5. The highest BCUT2D eigenvalue weighted by Gasteiger charge is 2.33. The molecule has 2 aromatic carbocycles. The summed E-state index contributed by atoms with van der Waals surface area (Å²) in [5, 5.41) is 10.0. The van der Waals surface area contributed by atoms with Crippen molar-refractivity contribution in [2.24, 2.45) is 0 Å². The lowest BCUT2D eigenvalue weighted by molar-refractivity contribution is -0.137. The van der Waals surface area contributed by atoms with Crippen molar-refractivity contribution < 1.29 is 18.0 Å². The average Bonchev–Trinajstić information content (AvgIpc) is 2.97. The van der Waals surface area contributed by atoms with E-state index in [0.717, 1.165) is 17.7 Å². The molecule has 1 aromatic heterocycles. The van der Waals surface area contributed by atoms with Gasteiger partial charge in [0.05, 0.1) is 22.0 Å². The summed E-state index contributed by atoms with van der Waals surface area (Å²) >= 11 is 5.75. The zero-order chi connectivity index (χ0) is 19.8. The number of para-hydroxylation sites is 1. The maximum atomic E-state index is 12.8. The monoisotopic (exact) mass is 394 g/mol. The Kier molecular flexibility index (Phi) is 4.93. The molecule has 27 heavy (non-hydrogen) atoms. The van der Waals surface area contributed by atoms with Crippen LogP contribution in [0.2, 0.25) is 5.02 Å². The molecule has 0 aliphatic carbocycles. The molecule has 3 aromatic rings. The molecule has 1 N–H and O–H groups in total. The molecule has 0 radical (unpaired) electrons. The first kappa shape index (κ1) is 18.9. The van der Waals surface area contributed by atoms with Crippen molar-refractivity contribution in [1.82, 2.24) is 15.0 Å². The summed E-state index contributed by atoms with van der Waals surface area (Å²) in [7, 11) is 0. The van der Waals surface area contributed by atoms with Crippen LogP contribution in [0.5, 0.6) is 0 Å². The van der Waals surface area contributed by atoms with E-state index in [2.05, 4.69) is 15.6 Å². The number of benzene rings is 2. The lowest BCUT2D eigenvalue weighted by Crippen LogP contribution is -2.15. The van der Waals surface area contributed by atoms with Crippen LogP contribution in [0.25, 0.3) is 5.69 Å². The molecule has 9 heteroatoms. The Morgan fingerprint density at radius 3 is 2.48 bits per heavy atom. The van der Waals surface area contributed by atoms with E-state index in [4.69, 9.17) is 11.6 Å². The van der Waals surface area contributed by atoms with Crippen molar-refractivity contribution >= 4 is 23.2 Å². The summed E-state index contributed by atoms with van der Waals surface area (Å²) in [6.45, 7) is 3.45. The number of hydrogen-bond acceptors (Lipinski definition) is 3. The average molecular weight is 395 g/mol. The molecule has 140 valence electrons. The van der Waals surface area contributed by atoms with Crippen LogP contribution in [-0.4, -0.2) is 20.9 Å². The Balaban J connectivity index is 1.90. The minimum absolute atomic E-state index is 0.0641. The first-order chi connectivity index (χ1) is 12.7. The summed E-state index contributed by atoms with van der Waals surface area (Å²) < 4.78 is 39.8. The van der Waals surface area contributed by atoms with Crippen molar-refractivity contribution in [2.45, 2.75) is 20.0 Å². The van der Waals surface area contributed by atoms with Gasteiger partial charge < -0.3 is 5.32 Å². The molecule has 0 saturated carbocycles. The number of anilines is 1. The zero-order valence-electron chi connectivity index (χ0n) is 14.3. The molecule has 5 nitrogen and oxygen atoms in total. The van der Waals surface area contributed by atoms with E-state index in [9.17, 15) is 18.0 Å². The molecule has 0 atom stereocenters. The van der Waals surface area contributed by atoms with Gasteiger partial charge in [-0.2, -0.15) is 13.2 Å². The molecule has 3 rings (SSSR count). The second-order valence-electron chi connectivity index (χ2n) is 5.87. The van der Waals surface area contributed by atoms with Crippen molar-refractivity contribution in [3.63, 3.8) is 0 Å². The number of carbonyl (C=O) groups excluding carboxylic acids is 1. The van der Waals surface area contributed by atoms with E-state index in [-0.39, 0.29) is 11.4 Å². The molecule has 0 fully saturated rings. The molecule has 0 spiro atoms. The number of rotatable bonds is 3. The van der Waals surface area contributed by atoms with Crippen LogP contribution in [0.15, 0.2) is 42.5 Å². The first-order valence-corrected chi connectivity index (χ1v) is 8.22. The Bertz CT molecular complexity index is 1010. The molecule has 1 amide bonds. The minimum Gasteiger partial charge on any atom is -0.320 e. The van der Waals surface area contributed by atoms with Crippen molar-refractivity contribution in [3.05, 3.63) is 70.0 Å². The highest BCUT2D eigenvalue weighted by Crippen LogP contribution is 2.35. The third-order valence-electron chi connectivity index (χ3n) is 4.01. The fraction of sp³-hybridized carbons (Fsp3) is 0.167. The van der Waals surface area contributed by atoms with Crippen LogP contribution < -0.4 is 5.32 Å². The SMILES string of the molecule is Cc1ccccc1NC(=O)c1nnn(-c2ccc(C(F)(F)F)c(Cl)c2)c1C. The van der Waals surface area contributed by atoms with Gasteiger partial charge in [-0.3, -0.25) is 4.79 Å². The first-order valence-electron chi connectivity index (χ1n) is 7.85. The summed E-state index contributed by atoms with van der Waals surface area (Å²) in [6, 6.07) is 10.5. The summed E-state index contributed by atoms with van der Waals surface area (Å²) in [5.74, 6) is -0.467. The lowest BCUT2D eigenvalue weighted by atomic mass is 10.2. The molecule has 1 heterocycles. The van der Waals surface area contributed by atoms with E-state index in [1.54, 1.807) is 19.1 Å². The van der Waals surface area contributed by atoms with Gasteiger partial charge in [-0.1, -0.05) is 35.0 Å². The zero-order valence-corrected chi connectivity index (χ0v) is 15.1. The van der Waals surface area contributed by atoms with E-state index < -0.39 is 22.7 Å². The number of carbonyl (C=O) groups is 1. The van der Waals surface area contributed by atoms with Crippen LogP contribution in [-0.2, 0) is 6.18 Å². The van der Waals surface area contributed by atoms with Gasteiger partial charge in [-0.05, 0) is 43.7 Å². The number of aromatic nitrogens is 3. The second-order valence-corrected chi connectivity index (χ2v) is 6.27. The van der Waals surface area contributed by atoms with Crippen molar-refractivity contribution in [3.8, 4) is 5.69 Å². The van der Waals surface area contributed by atoms with Crippen LogP contribution in [0.1, 0.15) is 27.3 Å². The van der Waals surface area contributed by atoms with Crippen molar-refractivity contribution in [2.75, 3.05) is 5.32 Å². The minimum atomic E-state index is -4.55. The summed E-state index contributed by atoms with van der Waals surface area (Å²) in [5.41, 5.74) is 1.28. The molecular weight excluding hydrogens is 381 g/mol. The van der Waals surface area contributed by atoms with Crippen LogP contribution >= 0.6 is 11.6 Å². The molecule has 0 aliphatic rings. The number of aryl methyl sites for hydroxylation is 1. The van der Waals surface area contributed by atoms with E-state index in [1.165, 1.54) is 10.7 Å². The fourth-order valence-electron chi connectivity index (χ4n) is 2.54. The van der Waals surface area contributed by atoms with Gasteiger partial charge in [-0.25, -0.2) is 4.68 Å². The Morgan fingerprint density at radius 1 is 1.15 bits per heavy atom. The van der Waals surface area contributed by atoms with Gasteiger partial charge in [0, 0.05) is 5.69 Å². The molecule has 0 unspecified atom stereocenters. The topological polar surface area (TPSA) is 59.8 Å². The number of alkyl halides is 3. The molecular formula is C18H14ClF3N4O. The van der Waals surface area contributed by atoms with Gasteiger partial charge in [-0.15, -0.1) is 5.10 Å². The Hall–Kier alpha value is -2.87. The number of nitrogens with one attached hydrogen (secondary N) is 1. The maximum absolute atomic E-state index is 12.8. The van der Waals surface area contributed by atoms with Gasteiger partial charge in [0.15, 0.2) is 5.69 Å². The third kappa shape index (κ3) is 3.80. The third-order valence-corrected chi connectivity index (χ3v) is 4.32. The molecule has 0 aliphatic heterocycles. The summed E-state index contributed by atoms with van der Waals surface area (Å²) in [4.78, 5) is 12.5. The predicted molar refractivity (Wildman–Crippen MR) is 95.2 cm³/mol. The Labute approximate surface area is 157 Å². The van der Waals surface area contributed by atoms with Gasteiger partial charge in [0.1, 0.15) is 0 Å². The van der Waals surface area contributed by atoms with Crippen LogP contribution in [0.3, 0.4) is 0 Å². The second kappa shape index (κ2) is 7.03. The van der Waals surface area contributed by atoms with Gasteiger partial charge in [0.25, 0.3) is 5.91 Å². The van der Waals surface area contributed by atoms with Crippen LogP contribution in [0, 0.1) is 13.8 Å². The van der Waals surface area contributed by atoms with E-state index >= 15 is 0 Å². The molecule has 0 saturated heterocycles. The van der Waals surface area contributed by atoms with Gasteiger partial charge >= 0.3 is 6.18 Å². The number of halogens is 4. The number of hydrogen-bond donors (Lipinski definition) is 1. The van der Waals surface area contributed by atoms with Crippen molar-refractivity contribution in [1.29, 1.82) is 0 Å². The normalized spacial score (nSPS) is 11.5. The summed E-state index contributed by atoms with van der Waals surface area (Å²) in [6.07, 6.45) is -4.55. The molecule has 0 bridgehead atoms. The maximum Gasteiger partial charge on any atom is 0.417 e. The van der Waals surface area contributed by atoms with Gasteiger partial charge in [0.2, 0.25) is 0 Å². The largest absolute Gasteiger partial charge is 0.417 e. The lowest BCUT2D eigenvalue weighted by Gasteiger charge is -2.11. The predicted octanol–water partition coefficient (Wildman–Crippen LogP) is 4.81. The van der Waals surface area contributed by atoms with E-state index in [1.807, 2.05) is 19.1 Å². The standard InChI is InChI=1S/C18H14ClF3N4O/c1-10-5-3-4-6-15(10)23-17(27)16-11(2)26(25-24-16)12-7-8-13(14(19)9-12)18(20,21)22/h3-9H,1-2H3,(H,23,27). The van der Waals surface area contributed by atoms with Crippen LogP contribution in [0.4, 0.5) is 18.9 Å². The van der Waals surface area contributed by atoms with E-state index in [0.29, 0.717) is 11.4 Å². The number of nitrogens with zero attached hydrogens (tertiary/aromatic N) is 3. The fourth-order valence-corrected chi connectivity index (χ4v) is 2.83. The Morgan fingerprint density at radius 2 is 1.85 bits per heavy atom.